The second-order valence-corrected chi connectivity index (χ2v) is 5.70. The van der Waals surface area contributed by atoms with Crippen LogP contribution in [0.3, 0.4) is 0 Å². The third-order valence-electron chi connectivity index (χ3n) is 4.55. The largest absolute Gasteiger partial charge is 0.339 e. The molecule has 0 spiro atoms. The van der Waals surface area contributed by atoms with Gasteiger partial charge >= 0.3 is 0 Å². The Kier molecular flexibility index (Phi) is 5.40. The monoisotopic (exact) mass is 281 g/mol. The fourth-order valence-corrected chi connectivity index (χ4v) is 3.26. The Hall–Kier alpha value is -1.10. The lowest BCUT2D eigenvalue weighted by Gasteiger charge is -2.40. The van der Waals surface area contributed by atoms with Gasteiger partial charge in [-0.2, -0.15) is 0 Å². The summed E-state index contributed by atoms with van der Waals surface area (Å²) in [6.07, 6.45) is 3.90. The highest BCUT2D eigenvalue weighted by atomic mass is 16.2. The molecular weight excluding hydrogens is 254 g/mol. The minimum atomic E-state index is 0.0715. The zero-order valence-electron chi connectivity index (χ0n) is 12.8. The van der Waals surface area contributed by atoms with Gasteiger partial charge in [-0.05, 0) is 25.9 Å². The normalized spacial score (nSPS) is 24.8. The number of piperidine rings is 1. The number of piperazine rings is 1. The lowest BCUT2D eigenvalue weighted by Crippen LogP contribution is -2.56. The van der Waals surface area contributed by atoms with Gasteiger partial charge in [-0.15, -0.1) is 0 Å². The molecule has 0 radical (unpaired) electrons. The number of hydrogen-bond acceptors (Lipinski definition) is 3. The van der Waals surface area contributed by atoms with E-state index in [2.05, 4.69) is 11.8 Å². The topological polar surface area (TPSA) is 43.9 Å². The standard InChI is InChI=1S/C15H27N3O2/c1-3-14(19)17-9-11-18(12-10-17)15(20)13-7-5-6-8-16(13)4-2/h13H,3-12H2,1-2H3/t13-/m1/s1. The Balaban J connectivity index is 1.89. The van der Waals surface area contributed by atoms with E-state index in [1.54, 1.807) is 0 Å². The molecule has 0 aliphatic carbocycles. The molecule has 114 valence electrons. The van der Waals surface area contributed by atoms with Crippen LogP contribution >= 0.6 is 0 Å². The predicted molar refractivity (Wildman–Crippen MR) is 78.3 cm³/mol. The molecule has 2 saturated heterocycles. The van der Waals surface area contributed by atoms with Crippen molar-refractivity contribution in [3.05, 3.63) is 0 Å². The van der Waals surface area contributed by atoms with E-state index in [0.717, 1.165) is 25.9 Å². The number of carbonyl (C=O) groups is 2. The molecule has 0 unspecified atom stereocenters. The van der Waals surface area contributed by atoms with Gasteiger partial charge < -0.3 is 9.80 Å². The SMILES string of the molecule is CCC(=O)N1CCN(C(=O)[C@H]2CCCCN2CC)CC1. The molecule has 2 heterocycles. The van der Waals surface area contributed by atoms with Crippen molar-refractivity contribution in [1.82, 2.24) is 14.7 Å². The van der Waals surface area contributed by atoms with Gasteiger partial charge in [0.15, 0.2) is 0 Å². The summed E-state index contributed by atoms with van der Waals surface area (Å²) < 4.78 is 0. The van der Waals surface area contributed by atoms with Crippen molar-refractivity contribution in [2.45, 2.75) is 45.6 Å². The zero-order chi connectivity index (χ0) is 14.5. The lowest BCUT2D eigenvalue weighted by molar-refractivity contribution is -0.143. The quantitative estimate of drug-likeness (QED) is 0.773. The van der Waals surface area contributed by atoms with E-state index >= 15 is 0 Å². The van der Waals surface area contributed by atoms with Crippen LogP contribution in [-0.4, -0.2) is 71.8 Å². The summed E-state index contributed by atoms with van der Waals surface area (Å²) in [6, 6.07) is 0.0715. The molecule has 2 amide bonds. The first-order valence-electron chi connectivity index (χ1n) is 7.98. The molecule has 2 aliphatic heterocycles. The minimum Gasteiger partial charge on any atom is -0.339 e. The molecular formula is C15H27N3O2. The Morgan fingerprint density at radius 2 is 1.60 bits per heavy atom. The summed E-state index contributed by atoms with van der Waals surface area (Å²) in [7, 11) is 0. The first kappa shape index (κ1) is 15.3. The molecule has 2 aliphatic rings. The second-order valence-electron chi connectivity index (χ2n) is 5.70. The number of hydrogen-bond donors (Lipinski definition) is 0. The number of likely N-dealkylation sites (tertiary alicyclic amines) is 1. The molecule has 5 heteroatoms. The van der Waals surface area contributed by atoms with Gasteiger partial charge in [0.05, 0.1) is 6.04 Å². The molecule has 0 bridgehead atoms. The molecule has 1 atom stereocenters. The van der Waals surface area contributed by atoms with Crippen molar-refractivity contribution in [3.63, 3.8) is 0 Å². The molecule has 20 heavy (non-hydrogen) atoms. The third kappa shape index (κ3) is 3.32. The van der Waals surface area contributed by atoms with E-state index in [1.165, 1.54) is 6.42 Å². The van der Waals surface area contributed by atoms with Crippen molar-refractivity contribution in [3.8, 4) is 0 Å². The van der Waals surface area contributed by atoms with Crippen LogP contribution in [0.15, 0.2) is 0 Å². The maximum absolute atomic E-state index is 12.6. The second kappa shape index (κ2) is 7.07. The average molecular weight is 281 g/mol. The summed E-state index contributed by atoms with van der Waals surface area (Å²) in [5.41, 5.74) is 0. The van der Waals surface area contributed by atoms with Gasteiger partial charge in [-0.25, -0.2) is 0 Å². The first-order chi connectivity index (χ1) is 9.67. The third-order valence-corrected chi connectivity index (χ3v) is 4.55. The smallest absolute Gasteiger partial charge is 0.240 e. The average Bonchev–Trinajstić information content (AvgIpc) is 2.53. The fraction of sp³-hybridized carbons (Fsp3) is 0.867. The van der Waals surface area contributed by atoms with E-state index in [4.69, 9.17) is 0 Å². The van der Waals surface area contributed by atoms with E-state index in [9.17, 15) is 9.59 Å². The van der Waals surface area contributed by atoms with Crippen molar-refractivity contribution in [2.75, 3.05) is 39.3 Å². The van der Waals surface area contributed by atoms with Crippen LogP contribution in [-0.2, 0) is 9.59 Å². The number of carbonyl (C=O) groups excluding carboxylic acids is 2. The van der Waals surface area contributed by atoms with Crippen molar-refractivity contribution >= 4 is 11.8 Å². The summed E-state index contributed by atoms with van der Waals surface area (Å²) in [4.78, 5) is 30.4. The number of amides is 2. The molecule has 2 fully saturated rings. The van der Waals surface area contributed by atoms with Gasteiger partial charge in [-0.3, -0.25) is 14.5 Å². The van der Waals surface area contributed by atoms with Crippen LogP contribution in [0.4, 0.5) is 0 Å². The Labute approximate surface area is 121 Å². The van der Waals surface area contributed by atoms with Crippen LogP contribution < -0.4 is 0 Å². The maximum atomic E-state index is 12.6. The summed E-state index contributed by atoms with van der Waals surface area (Å²) in [6.45, 7) is 8.78. The summed E-state index contributed by atoms with van der Waals surface area (Å²) in [5.74, 6) is 0.472. The van der Waals surface area contributed by atoms with Crippen LogP contribution in [0.2, 0.25) is 0 Å². The number of rotatable bonds is 3. The van der Waals surface area contributed by atoms with Crippen molar-refractivity contribution in [2.24, 2.45) is 0 Å². The summed E-state index contributed by atoms with van der Waals surface area (Å²) in [5, 5.41) is 0. The molecule has 0 aromatic heterocycles. The Morgan fingerprint density at radius 1 is 0.950 bits per heavy atom. The number of likely N-dealkylation sites (N-methyl/N-ethyl adjacent to an activating group) is 1. The highest BCUT2D eigenvalue weighted by Gasteiger charge is 2.32. The van der Waals surface area contributed by atoms with Crippen LogP contribution in [0, 0.1) is 0 Å². The van der Waals surface area contributed by atoms with Crippen LogP contribution in [0.1, 0.15) is 39.5 Å². The summed E-state index contributed by atoms with van der Waals surface area (Å²) >= 11 is 0. The minimum absolute atomic E-state index is 0.0715. The van der Waals surface area contributed by atoms with Crippen molar-refractivity contribution < 1.29 is 9.59 Å². The molecule has 0 aromatic rings. The van der Waals surface area contributed by atoms with E-state index in [0.29, 0.717) is 32.6 Å². The van der Waals surface area contributed by atoms with Crippen molar-refractivity contribution in [1.29, 1.82) is 0 Å². The fourth-order valence-electron chi connectivity index (χ4n) is 3.26. The zero-order valence-corrected chi connectivity index (χ0v) is 12.8. The highest BCUT2D eigenvalue weighted by molar-refractivity contribution is 5.82. The lowest BCUT2D eigenvalue weighted by atomic mass is 10.0. The Bertz CT molecular complexity index is 351. The highest BCUT2D eigenvalue weighted by Crippen LogP contribution is 2.19. The molecule has 0 saturated carbocycles. The van der Waals surface area contributed by atoms with Gasteiger partial charge in [0, 0.05) is 32.6 Å². The molecule has 2 rings (SSSR count). The van der Waals surface area contributed by atoms with E-state index < -0.39 is 0 Å². The van der Waals surface area contributed by atoms with E-state index in [-0.39, 0.29) is 17.9 Å². The maximum Gasteiger partial charge on any atom is 0.240 e. The Morgan fingerprint density at radius 3 is 2.20 bits per heavy atom. The van der Waals surface area contributed by atoms with Crippen LogP contribution in [0.5, 0.6) is 0 Å². The van der Waals surface area contributed by atoms with Crippen LogP contribution in [0.25, 0.3) is 0 Å². The molecule has 0 aromatic carbocycles. The predicted octanol–water partition coefficient (Wildman–Crippen LogP) is 0.942. The molecule has 0 N–H and O–H groups in total. The van der Waals surface area contributed by atoms with E-state index in [1.807, 2.05) is 16.7 Å². The first-order valence-corrected chi connectivity index (χ1v) is 7.98. The molecule has 5 nitrogen and oxygen atoms in total. The van der Waals surface area contributed by atoms with Gasteiger partial charge in [0.1, 0.15) is 0 Å². The number of nitrogens with zero attached hydrogens (tertiary/aromatic N) is 3. The van der Waals surface area contributed by atoms with Gasteiger partial charge in [0.2, 0.25) is 11.8 Å². The van der Waals surface area contributed by atoms with Gasteiger partial charge in [0.25, 0.3) is 0 Å². The van der Waals surface area contributed by atoms with Gasteiger partial charge in [-0.1, -0.05) is 20.3 Å².